The highest BCUT2D eigenvalue weighted by atomic mass is 16.5. The van der Waals surface area contributed by atoms with E-state index in [4.69, 9.17) is 14.2 Å². The van der Waals surface area contributed by atoms with E-state index in [1.54, 1.807) is 0 Å². The summed E-state index contributed by atoms with van der Waals surface area (Å²) in [5.74, 6) is 0.868. The molecular formula is C18H31NO4. The Morgan fingerprint density at radius 2 is 2.04 bits per heavy atom. The number of carbonyl (C=O) groups is 1. The summed E-state index contributed by atoms with van der Waals surface area (Å²) < 4.78 is 17.5. The number of ether oxygens (including phenoxy) is 3. The van der Waals surface area contributed by atoms with E-state index in [1.807, 2.05) is 0 Å². The van der Waals surface area contributed by atoms with E-state index in [1.165, 1.54) is 6.42 Å². The zero-order valence-electron chi connectivity index (χ0n) is 14.6. The maximum Gasteiger partial charge on any atom is 0.226 e. The van der Waals surface area contributed by atoms with Crippen molar-refractivity contribution in [1.29, 1.82) is 0 Å². The van der Waals surface area contributed by atoms with E-state index >= 15 is 0 Å². The summed E-state index contributed by atoms with van der Waals surface area (Å²) in [4.78, 5) is 14.9. The van der Waals surface area contributed by atoms with Gasteiger partial charge in [0.15, 0.2) is 0 Å². The van der Waals surface area contributed by atoms with Crippen molar-refractivity contribution in [2.24, 2.45) is 11.8 Å². The van der Waals surface area contributed by atoms with Crippen LogP contribution in [0.15, 0.2) is 0 Å². The van der Waals surface area contributed by atoms with Gasteiger partial charge in [-0.05, 0) is 39.5 Å². The Kier molecular flexibility index (Phi) is 5.60. The van der Waals surface area contributed by atoms with Crippen LogP contribution in [-0.2, 0) is 19.0 Å². The van der Waals surface area contributed by atoms with Crippen molar-refractivity contribution >= 4 is 5.91 Å². The smallest absolute Gasteiger partial charge is 0.226 e. The SMILES string of the molecule is CC(C)OC[C@H]1CCC[C@]12CN(C(=O)C1CCOCC1)CCO2. The van der Waals surface area contributed by atoms with Crippen molar-refractivity contribution in [3.05, 3.63) is 0 Å². The minimum Gasteiger partial charge on any atom is -0.381 e. The van der Waals surface area contributed by atoms with Crippen molar-refractivity contribution in [2.75, 3.05) is 39.5 Å². The Bertz CT molecular complexity index is 408. The van der Waals surface area contributed by atoms with Crippen LogP contribution < -0.4 is 0 Å². The lowest BCUT2D eigenvalue weighted by Crippen LogP contribution is -2.57. The van der Waals surface area contributed by atoms with Gasteiger partial charge >= 0.3 is 0 Å². The summed E-state index contributed by atoms with van der Waals surface area (Å²) in [5, 5.41) is 0. The third-order valence-electron chi connectivity index (χ3n) is 5.62. The maximum absolute atomic E-state index is 12.8. The topological polar surface area (TPSA) is 48.0 Å². The first kappa shape index (κ1) is 17.2. The van der Waals surface area contributed by atoms with Crippen LogP contribution in [0.3, 0.4) is 0 Å². The third kappa shape index (κ3) is 3.89. The highest BCUT2D eigenvalue weighted by molar-refractivity contribution is 5.79. The quantitative estimate of drug-likeness (QED) is 0.795. The van der Waals surface area contributed by atoms with Gasteiger partial charge in [-0.15, -0.1) is 0 Å². The highest BCUT2D eigenvalue weighted by Crippen LogP contribution is 2.41. The molecule has 132 valence electrons. The van der Waals surface area contributed by atoms with Crippen LogP contribution in [0.4, 0.5) is 0 Å². The first-order chi connectivity index (χ1) is 11.1. The van der Waals surface area contributed by atoms with Gasteiger partial charge in [-0.2, -0.15) is 0 Å². The molecule has 0 N–H and O–H groups in total. The average Bonchev–Trinajstić information content (AvgIpc) is 2.95. The molecule has 3 rings (SSSR count). The normalized spacial score (nSPS) is 32.8. The number of hydrogen-bond acceptors (Lipinski definition) is 4. The molecule has 3 aliphatic rings. The molecule has 23 heavy (non-hydrogen) atoms. The van der Waals surface area contributed by atoms with E-state index in [-0.39, 0.29) is 17.6 Å². The lowest BCUT2D eigenvalue weighted by atomic mass is 9.88. The maximum atomic E-state index is 12.8. The molecule has 0 aromatic heterocycles. The molecule has 2 aliphatic heterocycles. The minimum absolute atomic E-state index is 0.144. The Balaban J connectivity index is 1.63. The molecule has 1 amide bonds. The fourth-order valence-corrected chi connectivity index (χ4v) is 4.25. The Morgan fingerprint density at radius 1 is 1.26 bits per heavy atom. The fraction of sp³-hybridized carbons (Fsp3) is 0.944. The van der Waals surface area contributed by atoms with E-state index in [9.17, 15) is 4.79 Å². The van der Waals surface area contributed by atoms with Gasteiger partial charge in [0.2, 0.25) is 5.91 Å². The number of hydrogen-bond donors (Lipinski definition) is 0. The number of rotatable bonds is 4. The molecule has 2 heterocycles. The largest absolute Gasteiger partial charge is 0.381 e. The average molecular weight is 325 g/mol. The Hall–Kier alpha value is -0.650. The number of carbonyl (C=O) groups excluding carboxylic acids is 1. The number of morpholine rings is 1. The van der Waals surface area contributed by atoms with E-state index in [0.29, 0.717) is 18.4 Å². The lowest BCUT2D eigenvalue weighted by Gasteiger charge is -2.45. The molecule has 1 saturated carbocycles. The third-order valence-corrected chi connectivity index (χ3v) is 5.62. The van der Waals surface area contributed by atoms with Crippen LogP contribution in [0.2, 0.25) is 0 Å². The summed E-state index contributed by atoms with van der Waals surface area (Å²) in [6, 6.07) is 0. The minimum atomic E-state index is -0.173. The zero-order valence-corrected chi connectivity index (χ0v) is 14.6. The molecule has 2 saturated heterocycles. The van der Waals surface area contributed by atoms with Crippen molar-refractivity contribution in [2.45, 2.75) is 57.7 Å². The Labute approximate surface area is 139 Å². The molecule has 0 radical (unpaired) electrons. The van der Waals surface area contributed by atoms with Crippen molar-refractivity contribution in [3.63, 3.8) is 0 Å². The summed E-state index contributed by atoms with van der Waals surface area (Å²) in [6.45, 7) is 8.47. The van der Waals surface area contributed by atoms with Crippen LogP contribution >= 0.6 is 0 Å². The van der Waals surface area contributed by atoms with Gasteiger partial charge in [0.1, 0.15) is 0 Å². The van der Waals surface area contributed by atoms with Crippen molar-refractivity contribution < 1.29 is 19.0 Å². The molecule has 5 heteroatoms. The molecule has 0 aromatic rings. The second-order valence-electron chi connectivity index (χ2n) is 7.53. The van der Waals surface area contributed by atoms with Crippen LogP contribution in [0.25, 0.3) is 0 Å². The second kappa shape index (κ2) is 7.49. The summed E-state index contributed by atoms with van der Waals surface area (Å²) in [7, 11) is 0. The molecule has 2 atom stereocenters. The second-order valence-corrected chi connectivity index (χ2v) is 7.53. The number of nitrogens with zero attached hydrogens (tertiary/aromatic N) is 1. The van der Waals surface area contributed by atoms with Gasteiger partial charge in [0.25, 0.3) is 0 Å². The lowest BCUT2D eigenvalue weighted by molar-refractivity contribution is -0.168. The Morgan fingerprint density at radius 3 is 2.78 bits per heavy atom. The molecule has 3 fully saturated rings. The first-order valence-corrected chi connectivity index (χ1v) is 9.23. The molecule has 0 unspecified atom stereocenters. The number of amides is 1. The zero-order chi connectivity index (χ0) is 16.3. The van der Waals surface area contributed by atoms with Gasteiger partial charge in [0, 0.05) is 31.6 Å². The fourth-order valence-electron chi connectivity index (χ4n) is 4.25. The highest BCUT2D eigenvalue weighted by Gasteiger charge is 2.48. The standard InChI is InChI=1S/C18H31NO4/c1-14(2)22-12-16-4-3-7-18(16)13-19(8-11-23-18)17(20)15-5-9-21-10-6-15/h14-16H,3-13H2,1-2H3/t16-,18+/m1/s1. The van der Waals surface area contributed by atoms with Crippen molar-refractivity contribution in [3.8, 4) is 0 Å². The van der Waals surface area contributed by atoms with Crippen molar-refractivity contribution in [1.82, 2.24) is 4.90 Å². The van der Waals surface area contributed by atoms with E-state index in [2.05, 4.69) is 18.7 Å². The summed E-state index contributed by atoms with van der Waals surface area (Å²) >= 11 is 0. The van der Waals surface area contributed by atoms with E-state index in [0.717, 1.165) is 58.6 Å². The molecule has 5 nitrogen and oxygen atoms in total. The predicted octanol–water partition coefficient (Wildman–Crippen LogP) is 2.24. The summed E-state index contributed by atoms with van der Waals surface area (Å²) in [6.07, 6.45) is 5.34. The first-order valence-electron chi connectivity index (χ1n) is 9.23. The molecule has 0 aromatic carbocycles. The van der Waals surface area contributed by atoms with Gasteiger partial charge < -0.3 is 19.1 Å². The van der Waals surface area contributed by atoms with E-state index < -0.39 is 0 Å². The van der Waals surface area contributed by atoms with Crippen LogP contribution in [0.1, 0.15) is 46.0 Å². The van der Waals surface area contributed by atoms with Gasteiger partial charge in [-0.3, -0.25) is 4.79 Å². The van der Waals surface area contributed by atoms with Gasteiger partial charge in [0.05, 0.1) is 31.5 Å². The molecular weight excluding hydrogens is 294 g/mol. The van der Waals surface area contributed by atoms with Crippen LogP contribution in [0.5, 0.6) is 0 Å². The summed E-state index contributed by atoms with van der Waals surface area (Å²) in [5.41, 5.74) is -0.173. The monoisotopic (exact) mass is 325 g/mol. The molecule has 1 aliphatic carbocycles. The van der Waals surface area contributed by atoms with Gasteiger partial charge in [-0.25, -0.2) is 0 Å². The van der Waals surface area contributed by atoms with Gasteiger partial charge in [-0.1, -0.05) is 6.42 Å². The van der Waals surface area contributed by atoms with Crippen LogP contribution in [-0.4, -0.2) is 62.0 Å². The molecule has 1 spiro atoms. The predicted molar refractivity (Wildman–Crippen MR) is 87.2 cm³/mol. The molecule has 0 bridgehead atoms. The van der Waals surface area contributed by atoms with Crippen LogP contribution in [0, 0.1) is 11.8 Å².